The molecule has 1 heterocycles. The second-order valence-corrected chi connectivity index (χ2v) is 2.82. The fourth-order valence-electron chi connectivity index (χ4n) is 0.987. The van der Waals surface area contributed by atoms with Gasteiger partial charge < -0.3 is 4.74 Å². The number of ether oxygens (including phenoxy) is 1. The minimum Gasteiger partial charge on any atom is -0.311 e. The maximum Gasteiger partial charge on any atom is 0.353 e. The number of nitrogens with zero attached hydrogens (tertiary/aromatic N) is 1. The Labute approximate surface area is 75.6 Å². The number of halogens is 2. The van der Waals surface area contributed by atoms with Crippen molar-refractivity contribution in [2.24, 2.45) is 0 Å². The maximum absolute atomic E-state index is 12.4. The minimum atomic E-state index is -3.11. The van der Waals surface area contributed by atoms with Crippen LogP contribution in [0.4, 0.5) is 8.78 Å². The quantitative estimate of drug-likeness (QED) is 0.725. The molecule has 1 unspecified atom stereocenters. The van der Waals surface area contributed by atoms with E-state index in [1.165, 1.54) is 0 Å². The van der Waals surface area contributed by atoms with Gasteiger partial charge in [-0.3, -0.25) is 4.98 Å². The van der Waals surface area contributed by atoms with E-state index >= 15 is 0 Å². The summed E-state index contributed by atoms with van der Waals surface area (Å²) in [7, 11) is 0. The third-order valence-corrected chi connectivity index (χ3v) is 1.49. The summed E-state index contributed by atoms with van der Waals surface area (Å²) in [6, 6.07) is 5.10. The average molecular weight is 187 g/mol. The highest BCUT2D eigenvalue weighted by atomic mass is 19.3. The van der Waals surface area contributed by atoms with Gasteiger partial charge in [0, 0.05) is 13.1 Å². The van der Waals surface area contributed by atoms with Gasteiger partial charge in [-0.1, -0.05) is 6.07 Å². The summed E-state index contributed by atoms with van der Waals surface area (Å²) in [6.45, 7) is 2.26. The van der Waals surface area contributed by atoms with Crippen LogP contribution in [0.3, 0.4) is 0 Å². The summed E-state index contributed by atoms with van der Waals surface area (Å²) in [5, 5.41) is 0. The van der Waals surface area contributed by atoms with E-state index in [2.05, 4.69) is 9.72 Å². The van der Waals surface area contributed by atoms with Gasteiger partial charge in [-0.2, -0.15) is 8.78 Å². The Morgan fingerprint density at radius 2 is 2.15 bits per heavy atom. The highest BCUT2D eigenvalue weighted by molar-refractivity contribution is 5.05. The topological polar surface area (TPSA) is 22.1 Å². The van der Waals surface area contributed by atoms with Crippen LogP contribution >= 0.6 is 0 Å². The van der Waals surface area contributed by atoms with Crippen LogP contribution in [0.1, 0.15) is 25.6 Å². The fraction of sp³-hybridized carbons (Fsp3) is 0.444. The number of hydrogen-bond donors (Lipinski definition) is 0. The van der Waals surface area contributed by atoms with E-state index in [1.807, 2.05) is 0 Å². The molecular formula is C9H11F2NO. The van der Waals surface area contributed by atoms with Crippen LogP contribution in [-0.4, -0.2) is 11.1 Å². The van der Waals surface area contributed by atoms with Gasteiger partial charge in [-0.05, 0) is 19.1 Å². The summed E-state index contributed by atoms with van der Waals surface area (Å²) in [6.07, 6.45) is -2.26. The molecule has 72 valence electrons. The molecule has 0 radical (unpaired) electrons. The van der Waals surface area contributed by atoms with Crippen molar-refractivity contribution >= 4 is 0 Å². The first kappa shape index (κ1) is 10.1. The van der Waals surface area contributed by atoms with Crippen LogP contribution in [0.15, 0.2) is 24.4 Å². The molecule has 1 atom stereocenters. The summed E-state index contributed by atoms with van der Waals surface area (Å²) < 4.78 is 29.2. The maximum atomic E-state index is 12.4. The van der Waals surface area contributed by atoms with Crippen molar-refractivity contribution in [2.75, 3.05) is 0 Å². The molecule has 0 aliphatic heterocycles. The van der Waals surface area contributed by atoms with E-state index in [9.17, 15) is 8.78 Å². The first-order chi connectivity index (χ1) is 5.99. The van der Waals surface area contributed by atoms with E-state index < -0.39 is 12.2 Å². The molecule has 4 heteroatoms. The first-order valence-corrected chi connectivity index (χ1v) is 3.95. The monoisotopic (exact) mass is 187 g/mol. The lowest BCUT2D eigenvalue weighted by molar-refractivity contribution is -0.249. The lowest BCUT2D eigenvalue weighted by atomic mass is 10.2. The first-order valence-electron chi connectivity index (χ1n) is 3.95. The highest BCUT2D eigenvalue weighted by Gasteiger charge is 2.26. The van der Waals surface area contributed by atoms with Crippen molar-refractivity contribution in [2.45, 2.75) is 26.1 Å². The molecule has 0 saturated carbocycles. The zero-order valence-corrected chi connectivity index (χ0v) is 7.50. The smallest absolute Gasteiger partial charge is 0.311 e. The summed E-state index contributed by atoms with van der Waals surface area (Å²) in [4.78, 5) is 3.90. The highest BCUT2D eigenvalue weighted by Crippen LogP contribution is 2.24. The third-order valence-electron chi connectivity index (χ3n) is 1.49. The van der Waals surface area contributed by atoms with Gasteiger partial charge in [0.15, 0.2) is 0 Å². The molecule has 0 aromatic carbocycles. The van der Waals surface area contributed by atoms with E-state index in [-0.39, 0.29) is 0 Å². The molecule has 0 aliphatic carbocycles. The minimum absolute atomic E-state index is 0.504. The van der Waals surface area contributed by atoms with E-state index in [0.717, 1.165) is 0 Å². The van der Waals surface area contributed by atoms with E-state index in [4.69, 9.17) is 0 Å². The molecule has 1 aromatic heterocycles. The largest absolute Gasteiger partial charge is 0.353 e. The van der Waals surface area contributed by atoms with Crippen molar-refractivity contribution < 1.29 is 13.5 Å². The Kier molecular flexibility index (Phi) is 2.93. The van der Waals surface area contributed by atoms with Gasteiger partial charge in [0.25, 0.3) is 0 Å². The molecule has 0 N–H and O–H groups in total. The number of rotatable bonds is 3. The number of alkyl halides is 2. The molecule has 0 spiro atoms. The Bertz CT molecular complexity index is 258. The average Bonchev–Trinajstić information content (AvgIpc) is 2.03. The Morgan fingerprint density at radius 1 is 1.46 bits per heavy atom. The van der Waals surface area contributed by atoms with Gasteiger partial charge in [0.1, 0.15) is 6.10 Å². The lowest BCUT2D eigenvalue weighted by Gasteiger charge is -2.17. The zero-order chi connectivity index (χ0) is 9.90. The second-order valence-electron chi connectivity index (χ2n) is 2.82. The van der Waals surface area contributed by atoms with Crippen LogP contribution in [0.2, 0.25) is 0 Å². The Morgan fingerprint density at radius 3 is 2.62 bits per heavy atom. The van der Waals surface area contributed by atoms with Gasteiger partial charge in [0.05, 0.1) is 5.69 Å². The SMILES string of the molecule is CC(OC(C)(F)F)c1ccccn1. The fourth-order valence-corrected chi connectivity index (χ4v) is 0.987. The van der Waals surface area contributed by atoms with Crippen LogP contribution < -0.4 is 0 Å². The van der Waals surface area contributed by atoms with Crippen LogP contribution in [0, 0.1) is 0 Å². The van der Waals surface area contributed by atoms with Crippen molar-refractivity contribution in [1.29, 1.82) is 0 Å². The van der Waals surface area contributed by atoms with Crippen molar-refractivity contribution in [3.8, 4) is 0 Å². The predicted molar refractivity (Wildman–Crippen MR) is 44.4 cm³/mol. The summed E-state index contributed by atoms with van der Waals surface area (Å²) >= 11 is 0. The summed E-state index contributed by atoms with van der Waals surface area (Å²) in [5.41, 5.74) is 0.504. The Hall–Kier alpha value is -1.03. The third kappa shape index (κ3) is 3.46. The van der Waals surface area contributed by atoms with Crippen LogP contribution in [-0.2, 0) is 4.74 Å². The second kappa shape index (κ2) is 3.79. The van der Waals surface area contributed by atoms with Crippen molar-refractivity contribution in [3.63, 3.8) is 0 Å². The van der Waals surface area contributed by atoms with Gasteiger partial charge >= 0.3 is 6.11 Å². The lowest BCUT2D eigenvalue weighted by Crippen LogP contribution is -2.18. The molecule has 0 aliphatic rings. The molecule has 0 saturated heterocycles. The standard InChI is InChI=1S/C9H11F2NO/c1-7(13-9(2,10)11)8-5-3-4-6-12-8/h3-7H,1-2H3. The molecule has 2 nitrogen and oxygen atoms in total. The van der Waals surface area contributed by atoms with Crippen molar-refractivity contribution in [3.05, 3.63) is 30.1 Å². The normalized spacial score (nSPS) is 14.2. The Balaban J connectivity index is 2.64. The molecule has 1 rings (SSSR count). The van der Waals surface area contributed by atoms with E-state index in [1.54, 1.807) is 31.3 Å². The molecule has 0 bridgehead atoms. The molecule has 13 heavy (non-hydrogen) atoms. The zero-order valence-electron chi connectivity index (χ0n) is 7.50. The van der Waals surface area contributed by atoms with E-state index in [0.29, 0.717) is 12.6 Å². The van der Waals surface area contributed by atoms with Crippen LogP contribution in [0.25, 0.3) is 0 Å². The molecule has 1 aromatic rings. The van der Waals surface area contributed by atoms with Crippen LogP contribution in [0.5, 0.6) is 0 Å². The molecular weight excluding hydrogens is 176 g/mol. The molecule has 0 amide bonds. The van der Waals surface area contributed by atoms with Gasteiger partial charge in [0.2, 0.25) is 0 Å². The van der Waals surface area contributed by atoms with Gasteiger partial charge in [-0.15, -0.1) is 0 Å². The number of hydrogen-bond acceptors (Lipinski definition) is 2. The molecule has 0 fully saturated rings. The van der Waals surface area contributed by atoms with Gasteiger partial charge in [-0.25, -0.2) is 0 Å². The number of pyridine rings is 1. The summed E-state index contributed by atoms with van der Waals surface area (Å²) in [5.74, 6) is 0. The predicted octanol–water partition coefficient (Wildman–Crippen LogP) is 2.77. The van der Waals surface area contributed by atoms with Crippen molar-refractivity contribution in [1.82, 2.24) is 4.98 Å². The number of aromatic nitrogens is 1.